The first-order valence-electron chi connectivity index (χ1n) is 16.7. The van der Waals surface area contributed by atoms with Crippen molar-refractivity contribution in [3.05, 3.63) is 117 Å². The number of rotatable bonds is 10. The summed E-state index contributed by atoms with van der Waals surface area (Å²) < 4.78 is 27.6. The van der Waals surface area contributed by atoms with Gasteiger partial charge in [0, 0.05) is 21.2 Å². The van der Waals surface area contributed by atoms with Crippen LogP contribution in [0.15, 0.2) is 72.8 Å². The molecule has 47 heavy (non-hydrogen) atoms. The maximum atomic E-state index is 7.15. The van der Waals surface area contributed by atoms with Gasteiger partial charge < -0.3 is 18.5 Å². The van der Waals surface area contributed by atoms with E-state index in [-0.39, 0.29) is 24.4 Å². The molecule has 4 nitrogen and oxygen atoms in total. The molecule has 4 aromatic rings. The van der Waals surface area contributed by atoms with E-state index in [2.05, 4.69) is 142 Å². The second-order valence-corrected chi connectivity index (χ2v) is 17.8. The molecule has 1 fully saturated rings. The molecular weight excluding hydrogens is 618 g/mol. The van der Waals surface area contributed by atoms with E-state index < -0.39 is 22.1 Å². The van der Waals surface area contributed by atoms with E-state index in [1.807, 2.05) is 13.8 Å². The number of ether oxygens (including phenoxy) is 2. The van der Waals surface area contributed by atoms with E-state index in [1.54, 1.807) is 0 Å². The zero-order valence-electron chi connectivity index (χ0n) is 30.3. The largest absolute Gasteiger partial charge is 0.344 e. The highest BCUT2D eigenvalue weighted by Crippen LogP contribution is 2.45. The highest BCUT2D eigenvalue weighted by molar-refractivity contribution is 7.68. The SMILES string of the molecule is Cc1cc(C)cc(P(O[C@@H](C)[C@H]2OC(C)(C)O[C@@H]2[C@H](C)OP(c2cc(C)cc(C)c2)c2cc(C)cc(C)c2)c2cc(C)cc(C)c2)c1. The molecule has 1 aliphatic rings. The molecule has 5 rings (SSSR count). The molecule has 0 aromatic heterocycles. The Morgan fingerprint density at radius 3 is 0.872 bits per heavy atom. The lowest BCUT2D eigenvalue weighted by atomic mass is 10.1. The van der Waals surface area contributed by atoms with Gasteiger partial charge in [-0.05, 0) is 132 Å². The van der Waals surface area contributed by atoms with E-state index >= 15 is 0 Å². The second-order valence-electron chi connectivity index (χ2n) is 14.2. The lowest BCUT2D eigenvalue weighted by molar-refractivity contribution is -0.156. The first-order chi connectivity index (χ1) is 22.1. The lowest BCUT2D eigenvalue weighted by Crippen LogP contribution is -2.42. The molecule has 0 spiro atoms. The topological polar surface area (TPSA) is 36.9 Å². The van der Waals surface area contributed by atoms with E-state index in [0.29, 0.717) is 0 Å². The molecule has 4 atom stereocenters. The zero-order valence-corrected chi connectivity index (χ0v) is 32.1. The van der Waals surface area contributed by atoms with Gasteiger partial charge in [0.1, 0.15) is 12.2 Å². The molecule has 0 amide bonds. The van der Waals surface area contributed by atoms with Crippen LogP contribution < -0.4 is 21.2 Å². The standard InChI is InChI=1S/C41H52O4P2/c1-25-13-26(2)18-35(17-25)46(36-19-27(3)14-28(4)20-36)44-33(9)39-40(43-41(11,12)42-39)34(10)45-47(37-21-29(5)15-30(6)22-37)38-23-31(7)16-32(8)24-38/h13-24,33-34,39-40H,1-12H3/t33-,34-,39+,40+/m0/s1. The van der Waals surface area contributed by atoms with Gasteiger partial charge in [-0.15, -0.1) is 0 Å². The fourth-order valence-electron chi connectivity index (χ4n) is 6.81. The van der Waals surface area contributed by atoms with Crippen molar-refractivity contribution in [1.82, 2.24) is 0 Å². The summed E-state index contributed by atoms with van der Waals surface area (Å²) in [6.45, 7) is 25.5. The molecule has 1 aliphatic heterocycles. The molecule has 0 unspecified atom stereocenters. The Morgan fingerprint density at radius 1 is 0.447 bits per heavy atom. The quantitative estimate of drug-likeness (QED) is 0.158. The average Bonchev–Trinajstić information content (AvgIpc) is 3.27. The summed E-state index contributed by atoms with van der Waals surface area (Å²) >= 11 is 0. The third-order valence-electron chi connectivity index (χ3n) is 8.40. The van der Waals surface area contributed by atoms with Gasteiger partial charge in [0.15, 0.2) is 5.79 Å². The lowest BCUT2D eigenvalue weighted by Gasteiger charge is -2.32. The Kier molecular flexibility index (Phi) is 11.1. The molecule has 0 N–H and O–H groups in total. The Morgan fingerprint density at radius 2 is 0.660 bits per heavy atom. The van der Waals surface area contributed by atoms with Crippen LogP contribution in [0.25, 0.3) is 0 Å². The second kappa shape index (κ2) is 14.6. The van der Waals surface area contributed by atoms with Gasteiger partial charge in [-0.25, -0.2) is 0 Å². The van der Waals surface area contributed by atoms with Crippen molar-refractivity contribution in [1.29, 1.82) is 0 Å². The van der Waals surface area contributed by atoms with E-state index in [0.717, 1.165) is 0 Å². The fourth-order valence-corrected chi connectivity index (χ4v) is 11.4. The maximum absolute atomic E-state index is 7.15. The van der Waals surface area contributed by atoms with Crippen molar-refractivity contribution < 1.29 is 18.5 Å². The van der Waals surface area contributed by atoms with Crippen LogP contribution in [0.1, 0.15) is 72.2 Å². The van der Waals surface area contributed by atoms with Gasteiger partial charge in [-0.2, -0.15) is 0 Å². The Hall–Kier alpha value is -2.42. The summed E-state index contributed by atoms with van der Waals surface area (Å²) in [4.78, 5) is 0. The van der Waals surface area contributed by atoms with Gasteiger partial charge in [-0.1, -0.05) is 68.8 Å². The van der Waals surface area contributed by atoms with Gasteiger partial charge in [0.25, 0.3) is 0 Å². The van der Waals surface area contributed by atoms with Crippen molar-refractivity contribution in [2.75, 3.05) is 0 Å². The van der Waals surface area contributed by atoms with Gasteiger partial charge >= 0.3 is 0 Å². The monoisotopic (exact) mass is 670 g/mol. The number of aryl methyl sites for hydroxylation is 8. The molecule has 250 valence electrons. The van der Waals surface area contributed by atoms with Crippen LogP contribution in [-0.4, -0.2) is 30.2 Å². The van der Waals surface area contributed by atoms with E-state index in [4.69, 9.17) is 18.5 Å². The third kappa shape index (κ3) is 8.98. The van der Waals surface area contributed by atoms with Gasteiger partial charge in [-0.3, -0.25) is 0 Å². The number of benzene rings is 4. The summed E-state index contributed by atoms with van der Waals surface area (Å²) in [5.41, 5.74) is 9.89. The fraction of sp³-hybridized carbons (Fsp3) is 0.415. The molecule has 4 aromatic carbocycles. The third-order valence-corrected chi connectivity index (χ3v) is 12.4. The van der Waals surface area contributed by atoms with Crippen LogP contribution >= 0.6 is 16.3 Å². The molecular formula is C41H52O4P2. The summed E-state index contributed by atoms with van der Waals surface area (Å²) in [6, 6.07) is 27.0. The predicted molar refractivity (Wildman–Crippen MR) is 201 cm³/mol. The summed E-state index contributed by atoms with van der Waals surface area (Å²) in [5.74, 6) is -0.768. The Balaban J connectivity index is 1.48. The van der Waals surface area contributed by atoms with E-state index in [1.165, 1.54) is 65.7 Å². The minimum atomic E-state index is -1.12. The summed E-state index contributed by atoms with van der Waals surface area (Å²) in [5, 5.41) is 4.84. The average molecular weight is 671 g/mol. The molecule has 1 saturated heterocycles. The zero-order chi connectivity index (χ0) is 34.2. The van der Waals surface area contributed by atoms with Crippen LogP contribution in [0.2, 0.25) is 0 Å². The van der Waals surface area contributed by atoms with Gasteiger partial charge in [0.2, 0.25) is 0 Å². The van der Waals surface area contributed by atoms with Crippen molar-refractivity contribution in [2.24, 2.45) is 0 Å². The van der Waals surface area contributed by atoms with Crippen molar-refractivity contribution >= 4 is 37.5 Å². The van der Waals surface area contributed by atoms with Gasteiger partial charge in [0.05, 0.1) is 28.5 Å². The summed E-state index contributed by atoms with van der Waals surface area (Å²) in [6.07, 6.45) is -1.15. The molecule has 6 heteroatoms. The molecule has 0 radical (unpaired) electrons. The number of hydrogen-bond donors (Lipinski definition) is 0. The first-order valence-corrected chi connectivity index (χ1v) is 19.2. The van der Waals surface area contributed by atoms with Crippen LogP contribution in [-0.2, 0) is 18.5 Å². The minimum absolute atomic E-state index is 0.255. The molecule has 1 heterocycles. The molecule has 0 bridgehead atoms. The van der Waals surface area contributed by atoms with Crippen LogP contribution in [0.5, 0.6) is 0 Å². The minimum Gasteiger partial charge on any atom is -0.344 e. The number of hydrogen-bond acceptors (Lipinski definition) is 4. The summed E-state index contributed by atoms with van der Waals surface area (Å²) in [7, 11) is -2.23. The molecule has 0 aliphatic carbocycles. The predicted octanol–water partition coefficient (Wildman–Crippen LogP) is 8.88. The van der Waals surface area contributed by atoms with E-state index in [9.17, 15) is 0 Å². The smallest absolute Gasteiger partial charge is 0.164 e. The highest BCUT2D eigenvalue weighted by atomic mass is 31.1. The Bertz CT molecular complexity index is 1420. The van der Waals surface area contributed by atoms with Crippen LogP contribution in [0.3, 0.4) is 0 Å². The van der Waals surface area contributed by atoms with Crippen molar-refractivity contribution in [2.45, 2.75) is 113 Å². The maximum Gasteiger partial charge on any atom is 0.164 e. The first kappa shape index (κ1) is 35.9. The van der Waals surface area contributed by atoms with Crippen LogP contribution in [0, 0.1) is 55.4 Å². The highest BCUT2D eigenvalue weighted by Gasteiger charge is 2.48. The normalized spacial score (nSPS) is 19.0. The molecule has 0 saturated carbocycles. The van der Waals surface area contributed by atoms with Crippen molar-refractivity contribution in [3.8, 4) is 0 Å². The Labute approximate surface area is 285 Å². The van der Waals surface area contributed by atoms with Crippen molar-refractivity contribution in [3.63, 3.8) is 0 Å². The van der Waals surface area contributed by atoms with Crippen LogP contribution in [0.4, 0.5) is 0 Å².